The van der Waals surface area contributed by atoms with Crippen molar-refractivity contribution in [3.63, 3.8) is 0 Å². The Hall–Kier alpha value is -2.33. The van der Waals surface area contributed by atoms with Crippen molar-refractivity contribution in [3.05, 3.63) is 59.2 Å². The van der Waals surface area contributed by atoms with Crippen LogP contribution in [0.3, 0.4) is 0 Å². The number of fused-ring (bicyclic) bond motifs is 3. The summed E-state index contributed by atoms with van der Waals surface area (Å²) in [7, 11) is 4.09. The highest BCUT2D eigenvalue weighted by Gasteiger charge is 2.61. The number of hydrogen-bond acceptors (Lipinski definition) is 4. The molecule has 0 saturated carbocycles. The molecule has 0 unspecified atom stereocenters. The van der Waals surface area contributed by atoms with Crippen molar-refractivity contribution >= 4 is 17.7 Å². The maximum absolute atomic E-state index is 12.2. The molecule has 4 heteroatoms. The van der Waals surface area contributed by atoms with Gasteiger partial charge in [-0.15, -0.1) is 0 Å². The first-order valence-electron chi connectivity index (χ1n) is 9.95. The Morgan fingerprint density at radius 3 is 2.78 bits per heavy atom. The van der Waals surface area contributed by atoms with E-state index in [0.29, 0.717) is 12.1 Å². The minimum absolute atomic E-state index is 0.173. The van der Waals surface area contributed by atoms with Gasteiger partial charge in [0.2, 0.25) is 0 Å². The average molecular weight is 362 g/mol. The van der Waals surface area contributed by atoms with Crippen molar-refractivity contribution in [3.8, 4) is 0 Å². The Kier molecular flexibility index (Phi) is 3.80. The molecule has 0 radical (unpaired) electrons. The first-order chi connectivity index (χ1) is 13.1. The van der Waals surface area contributed by atoms with Crippen molar-refractivity contribution in [2.24, 2.45) is 0 Å². The summed E-state index contributed by atoms with van der Waals surface area (Å²) >= 11 is 0. The van der Waals surface area contributed by atoms with E-state index in [1.54, 1.807) is 6.08 Å². The van der Waals surface area contributed by atoms with Crippen molar-refractivity contribution in [1.82, 2.24) is 4.90 Å². The van der Waals surface area contributed by atoms with E-state index in [1.807, 2.05) is 14.1 Å². The van der Waals surface area contributed by atoms with Gasteiger partial charge >= 0.3 is 5.97 Å². The van der Waals surface area contributed by atoms with Crippen LogP contribution < -0.4 is 4.90 Å². The number of piperidine rings is 1. The Labute approximate surface area is 160 Å². The van der Waals surface area contributed by atoms with Crippen LogP contribution in [-0.2, 0) is 9.53 Å². The molecule has 0 amide bonds. The van der Waals surface area contributed by atoms with Gasteiger partial charge in [0.15, 0.2) is 5.60 Å². The van der Waals surface area contributed by atoms with Crippen LogP contribution in [0.5, 0.6) is 0 Å². The molecule has 3 atom stereocenters. The van der Waals surface area contributed by atoms with Crippen LogP contribution in [0.15, 0.2) is 53.6 Å². The summed E-state index contributed by atoms with van der Waals surface area (Å²) in [6.45, 7) is 1.11. The van der Waals surface area contributed by atoms with Crippen molar-refractivity contribution in [2.45, 2.75) is 43.4 Å². The Morgan fingerprint density at radius 2 is 2.00 bits per heavy atom. The second-order valence-electron chi connectivity index (χ2n) is 8.33. The fraction of sp³-hybridized carbons (Fsp3) is 0.435. The zero-order valence-electron chi connectivity index (χ0n) is 16.0. The molecule has 3 aliphatic heterocycles. The Morgan fingerprint density at radius 1 is 1.19 bits per heavy atom. The Balaban J connectivity index is 1.47. The van der Waals surface area contributed by atoms with E-state index in [9.17, 15) is 4.79 Å². The maximum atomic E-state index is 12.2. The van der Waals surface area contributed by atoms with Gasteiger partial charge in [0.1, 0.15) is 0 Å². The van der Waals surface area contributed by atoms with Gasteiger partial charge in [-0.3, -0.25) is 4.90 Å². The zero-order valence-corrected chi connectivity index (χ0v) is 16.0. The molecule has 1 aromatic carbocycles. The molecular weight excluding hydrogens is 336 g/mol. The van der Waals surface area contributed by atoms with Gasteiger partial charge in [0, 0.05) is 43.9 Å². The third kappa shape index (κ3) is 2.58. The van der Waals surface area contributed by atoms with Gasteiger partial charge < -0.3 is 9.64 Å². The number of carbonyl (C=O) groups is 1. The number of nitrogens with zero attached hydrogens (tertiary/aromatic N) is 2. The fourth-order valence-electron chi connectivity index (χ4n) is 5.31. The van der Waals surface area contributed by atoms with E-state index < -0.39 is 5.60 Å². The van der Waals surface area contributed by atoms with Gasteiger partial charge in [-0.2, -0.15) is 0 Å². The minimum Gasteiger partial charge on any atom is -0.449 e. The predicted molar refractivity (Wildman–Crippen MR) is 108 cm³/mol. The van der Waals surface area contributed by atoms with Crippen LogP contribution >= 0.6 is 0 Å². The van der Waals surface area contributed by atoms with Crippen LogP contribution in [0.1, 0.15) is 31.2 Å². The zero-order chi connectivity index (χ0) is 18.6. The molecule has 5 rings (SSSR count). The lowest BCUT2D eigenvalue weighted by molar-refractivity contribution is -0.148. The summed E-state index contributed by atoms with van der Waals surface area (Å²) in [5.74, 6) is -0.173. The smallest absolute Gasteiger partial charge is 0.332 e. The minimum atomic E-state index is -0.411. The van der Waals surface area contributed by atoms with Gasteiger partial charge in [-0.1, -0.05) is 36.8 Å². The fourth-order valence-corrected chi connectivity index (χ4v) is 5.31. The molecule has 1 spiro atoms. The number of hydrogen-bond donors (Lipinski definition) is 0. The van der Waals surface area contributed by atoms with Crippen LogP contribution in [0.4, 0.5) is 5.69 Å². The maximum Gasteiger partial charge on any atom is 0.332 e. The summed E-state index contributed by atoms with van der Waals surface area (Å²) in [5, 5.41) is 0. The number of allylic oxidation sites excluding steroid dienone is 1. The number of carbonyl (C=O) groups excluding carboxylic acids is 1. The summed E-state index contributed by atoms with van der Waals surface area (Å²) in [5.41, 5.74) is 4.20. The van der Waals surface area contributed by atoms with E-state index in [1.165, 1.54) is 18.5 Å². The number of rotatable bonds is 3. The largest absolute Gasteiger partial charge is 0.449 e. The van der Waals surface area contributed by atoms with E-state index in [4.69, 9.17) is 4.74 Å². The second-order valence-corrected chi connectivity index (χ2v) is 8.33. The topological polar surface area (TPSA) is 32.8 Å². The first-order valence-corrected chi connectivity index (χ1v) is 9.95. The molecule has 3 heterocycles. The SMILES string of the molecule is CN(C)c1ccc(/C=C/C2=C[C@@H]3C[C@@]4(OC(=O)C=C24)[C@H]2CCCCN32)cc1. The van der Waals surface area contributed by atoms with Gasteiger partial charge in [0.25, 0.3) is 0 Å². The van der Waals surface area contributed by atoms with Crippen LogP contribution in [0.25, 0.3) is 6.08 Å². The summed E-state index contributed by atoms with van der Waals surface area (Å²) < 4.78 is 5.98. The highest BCUT2D eigenvalue weighted by atomic mass is 16.6. The van der Waals surface area contributed by atoms with E-state index in [2.05, 4.69) is 52.3 Å². The lowest BCUT2D eigenvalue weighted by atomic mass is 9.76. The lowest BCUT2D eigenvalue weighted by Crippen LogP contribution is -2.48. The summed E-state index contributed by atoms with van der Waals surface area (Å²) in [6, 6.07) is 9.25. The van der Waals surface area contributed by atoms with Crippen molar-refractivity contribution < 1.29 is 9.53 Å². The van der Waals surface area contributed by atoms with Crippen molar-refractivity contribution in [2.75, 3.05) is 25.5 Å². The van der Waals surface area contributed by atoms with Crippen LogP contribution in [-0.4, -0.2) is 49.2 Å². The highest BCUT2D eigenvalue weighted by Crippen LogP contribution is 2.53. The third-order valence-corrected chi connectivity index (χ3v) is 6.57. The quantitative estimate of drug-likeness (QED) is 0.770. The van der Waals surface area contributed by atoms with Gasteiger partial charge in [-0.25, -0.2) is 4.79 Å². The number of anilines is 1. The number of esters is 1. The molecule has 4 nitrogen and oxygen atoms in total. The highest BCUT2D eigenvalue weighted by molar-refractivity contribution is 5.90. The molecule has 2 bridgehead atoms. The van der Waals surface area contributed by atoms with Crippen molar-refractivity contribution in [1.29, 1.82) is 0 Å². The second kappa shape index (κ2) is 6.10. The van der Waals surface area contributed by atoms with Gasteiger partial charge in [0.05, 0.1) is 6.04 Å². The normalized spacial score (nSPS) is 32.0. The molecule has 2 saturated heterocycles. The predicted octanol–water partition coefficient (Wildman–Crippen LogP) is 3.55. The first kappa shape index (κ1) is 16.8. The molecule has 27 heavy (non-hydrogen) atoms. The van der Waals surface area contributed by atoms with Gasteiger partial charge in [-0.05, 0) is 42.7 Å². The van der Waals surface area contributed by atoms with E-state index in [0.717, 1.165) is 36.1 Å². The van der Waals surface area contributed by atoms with Crippen LogP contribution in [0, 0.1) is 0 Å². The third-order valence-electron chi connectivity index (χ3n) is 6.57. The van der Waals surface area contributed by atoms with E-state index in [-0.39, 0.29) is 5.97 Å². The number of ether oxygens (including phenoxy) is 1. The molecule has 140 valence electrons. The molecule has 0 aromatic heterocycles. The number of benzene rings is 1. The molecular formula is C23H26N2O2. The average Bonchev–Trinajstić information content (AvgIpc) is 3.15. The molecule has 1 aromatic rings. The molecule has 1 aliphatic carbocycles. The lowest BCUT2D eigenvalue weighted by Gasteiger charge is -2.38. The molecule has 4 aliphatic rings. The van der Waals surface area contributed by atoms with Crippen LogP contribution in [0.2, 0.25) is 0 Å². The summed E-state index contributed by atoms with van der Waals surface area (Å²) in [4.78, 5) is 16.9. The monoisotopic (exact) mass is 362 g/mol. The Bertz CT molecular complexity index is 865. The molecule has 0 N–H and O–H groups in total. The van der Waals surface area contributed by atoms with E-state index >= 15 is 0 Å². The standard InChI is InChI=1S/C23H26N2O2/c1-24(2)18-10-7-16(8-11-18)6-9-17-13-19-15-23(20(17)14-22(26)27-23)21-5-3-4-12-25(19)21/h6-11,13-14,19,21H,3-5,12,15H2,1-2H3/b9-6+/t19-,21-,23+/m1/s1. The summed E-state index contributed by atoms with van der Waals surface area (Å²) in [6.07, 6.45) is 12.9. The molecule has 2 fully saturated rings.